The van der Waals surface area contributed by atoms with Gasteiger partial charge in [0.15, 0.2) is 0 Å². The van der Waals surface area contributed by atoms with Gasteiger partial charge in [-0.2, -0.15) is 0 Å². The topological polar surface area (TPSA) is 47.6 Å². The molecule has 0 aliphatic heterocycles. The zero-order valence-corrected chi connectivity index (χ0v) is 11.6. The van der Waals surface area contributed by atoms with E-state index in [9.17, 15) is 4.79 Å². The summed E-state index contributed by atoms with van der Waals surface area (Å²) in [4.78, 5) is 13.3. The molecule has 100 valence electrons. The molecule has 1 aromatic rings. The molecular weight excluding hydrogens is 250 g/mol. The van der Waals surface area contributed by atoms with Crippen molar-refractivity contribution in [2.75, 3.05) is 13.7 Å². The molecular formula is C13H19NO3S. The SMILES string of the molecule is CCOC(=O)C1(NCc2cccs2)CC(OC)C1. The number of nitrogens with one attached hydrogen (secondary N) is 1. The molecule has 0 saturated heterocycles. The molecule has 5 heteroatoms. The lowest BCUT2D eigenvalue weighted by atomic mass is 9.74. The standard InChI is InChI=1S/C13H19NO3S/c1-3-17-12(15)13(7-10(8-13)16-2)14-9-11-5-4-6-18-11/h4-6,10,14H,3,7-9H2,1-2H3. The number of esters is 1. The van der Waals surface area contributed by atoms with Gasteiger partial charge in [0, 0.05) is 31.4 Å². The zero-order valence-electron chi connectivity index (χ0n) is 10.8. The minimum absolute atomic E-state index is 0.158. The third-order valence-electron chi connectivity index (χ3n) is 3.33. The van der Waals surface area contributed by atoms with Gasteiger partial charge in [-0.05, 0) is 18.4 Å². The van der Waals surface area contributed by atoms with Crippen molar-refractivity contribution in [3.63, 3.8) is 0 Å². The minimum Gasteiger partial charge on any atom is -0.465 e. The molecule has 1 fully saturated rings. The monoisotopic (exact) mass is 269 g/mol. The number of rotatable bonds is 6. The Morgan fingerprint density at radius 3 is 2.94 bits per heavy atom. The highest BCUT2D eigenvalue weighted by atomic mass is 32.1. The Bertz CT molecular complexity index is 385. The summed E-state index contributed by atoms with van der Waals surface area (Å²) < 4.78 is 10.4. The van der Waals surface area contributed by atoms with E-state index in [0.29, 0.717) is 26.0 Å². The summed E-state index contributed by atoms with van der Waals surface area (Å²) in [5.74, 6) is -0.158. The number of thiophene rings is 1. The summed E-state index contributed by atoms with van der Waals surface area (Å²) in [5, 5.41) is 5.37. The van der Waals surface area contributed by atoms with Crippen LogP contribution in [0.15, 0.2) is 17.5 Å². The molecule has 0 atom stereocenters. The maximum atomic E-state index is 12.0. The molecule has 1 heterocycles. The predicted octanol–water partition coefficient (Wildman–Crippen LogP) is 1.95. The van der Waals surface area contributed by atoms with E-state index < -0.39 is 5.54 Å². The van der Waals surface area contributed by atoms with Crippen LogP contribution < -0.4 is 5.32 Å². The molecule has 0 unspecified atom stereocenters. The van der Waals surface area contributed by atoms with Crippen molar-refractivity contribution in [2.45, 2.75) is 38.0 Å². The van der Waals surface area contributed by atoms with Crippen molar-refractivity contribution in [2.24, 2.45) is 0 Å². The average molecular weight is 269 g/mol. The zero-order chi connectivity index (χ0) is 13.0. The van der Waals surface area contributed by atoms with Gasteiger partial charge in [0.2, 0.25) is 0 Å². The van der Waals surface area contributed by atoms with Gasteiger partial charge in [-0.3, -0.25) is 10.1 Å². The van der Waals surface area contributed by atoms with E-state index in [0.717, 1.165) is 0 Å². The van der Waals surface area contributed by atoms with Gasteiger partial charge in [-0.25, -0.2) is 0 Å². The summed E-state index contributed by atoms with van der Waals surface area (Å²) in [6.45, 7) is 2.95. The lowest BCUT2D eigenvalue weighted by Crippen LogP contribution is -2.63. The second-order valence-electron chi connectivity index (χ2n) is 4.50. The van der Waals surface area contributed by atoms with Crippen LogP contribution in [0.25, 0.3) is 0 Å². The first-order chi connectivity index (χ1) is 8.70. The molecule has 2 rings (SSSR count). The largest absolute Gasteiger partial charge is 0.465 e. The van der Waals surface area contributed by atoms with Crippen LogP contribution in [0, 0.1) is 0 Å². The van der Waals surface area contributed by atoms with Gasteiger partial charge >= 0.3 is 5.97 Å². The Morgan fingerprint density at radius 2 is 2.39 bits per heavy atom. The van der Waals surface area contributed by atoms with Crippen LogP contribution >= 0.6 is 11.3 Å². The first kappa shape index (κ1) is 13.5. The van der Waals surface area contributed by atoms with E-state index >= 15 is 0 Å². The maximum Gasteiger partial charge on any atom is 0.326 e. The van der Waals surface area contributed by atoms with Crippen molar-refractivity contribution in [3.05, 3.63) is 22.4 Å². The first-order valence-electron chi connectivity index (χ1n) is 6.17. The second kappa shape index (κ2) is 5.82. The lowest BCUT2D eigenvalue weighted by Gasteiger charge is -2.45. The van der Waals surface area contributed by atoms with Crippen LogP contribution in [0.1, 0.15) is 24.6 Å². The van der Waals surface area contributed by atoms with Crippen LogP contribution in [0.5, 0.6) is 0 Å². The summed E-state index contributed by atoms with van der Waals surface area (Å²) in [6.07, 6.45) is 1.53. The van der Waals surface area contributed by atoms with Crippen LogP contribution in [0.4, 0.5) is 0 Å². The number of methoxy groups -OCH3 is 1. The Labute approximate surface area is 111 Å². The molecule has 1 aliphatic carbocycles. The van der Waals surface area contributed by atoms with Gasteiger partial charge in [0.1, 0.15) is 5.54 Å². The molecule has 1 aromatic heterocycles. The highest BCUT2D eigenvalue weighted by molar-refractivity contribution is 7.09. The molecule has 1 aliphatic rings. The van der Waals surface area contributed by atoms with Crippen molar-refractivity contribution >= 4 is 17.3 Å². The van der Waals surface area contributed by atoms with E-state index in [1.165, 1.54) is 4.88 Å². The summed E-state index contributed by atoms with van der Waals surface area (Å²) in [6, 6.07) is 4.07. The van der Waals surface area contributed by atoms with Crippen LogP contribution in [-0.2, 0) is 20.8 Å². The summed E-state index contributed by atoms with van der Waals surface area (Å²) in [7, 11) is 1.68. The molecule has 0 radical (unpaired) electrons. The highest BCUT2D eigenvalue weighted by Gasteiger charge is 2.51. The third kappa shape index (κ3) is 2.74. The molecule has 1 saturated carbocycles. The fraction of sp³-hybridized carbons (Fsp3) is 0.615. The van der Waals surface area contributed by atoms with E-state index in [4.69, 9.17) is 9.47 Å². The Hall–Kier alpha value is -0.910. The summed E-state index contributed by atoms with van der Waals surface area (Å²) >= 11 is 1.68. The van der Waals surface area contributed by atoms with E-state index in [1.54, 1.807) is 18.4 Å². The quantitative estimate of drug-likeness (QED) is 0.802. The van der Waals surface area contributed by atoms with E-state index in [1.807, 2.05) is 18.4 Å². The van der Waals surface area contributed by atoms with Gasteiger partial charge in [0.05, 0.1) is 12.7 Å². The van der Waals surface area contributed by atoms with Crippen molar-refractivity contribution in [1.29, 1.82) is 0 Å². The number of hydrogen-bond donors (Lipinski definition) is 1. The molecule has 0 spiro atoms. The Kier molecular flexibility index (Phi) is 4.37. The molecule has 0 amide bonds. The number of carbonyl (C=O) groups excluding carboxylic acids is 1. The average Bonchev–Trinajstić information content (AvgIpc) is 2.81. The molecule has 4 nitrogen and oxygen atoms in total. The van der Waals surface area contributed by atoms with E-state index in [-0.39, 0.29) is 12.1 Å². The van der Waals surface area contributed by atoms with Crippen molar-refractivity contribution in [1.82, 2.24) is 5.32 Å². The van der Waals surface area contributed by atoms with Crippen molar-refractivity contribution < 1.29 is 14.3 Å². The minimum atomic E-state index is -0.555. The van der Waals surface area contributed by atoms with Gasteiger partial charge in [-0.1, -0.05) is 6.07 Å². The number of ether oxygens (including phenoxy) is 2. The van der Waals surface area contributed by atoms with Crippen LogP contribution in [0.2, 0.25) is 0 Å². The number of hydrogen-bond acceptors (Lipinski definition) is 5. The molecule has 0 bridgehead atoms. The first-order valence-corrected chi connectivity index (χ1v) is 7.05. The van der Waals surface area contributed by atoms with Crippen LogP contribution in [0.3, 0.4) is 0 Å². The predicted molar refractivity (Wildman–Crippen MR) is 70.6 cm³/mol. The Balaban J connectivity index is 1.95. The fourth-order valence-corrected chi connectivity index (χ4v) is 2.85. The maximum absolute atomic E-state index is 12.0. The Morgan fingerprint density at radius 1 is 1.61 bits per heavy atom. The lowest BCUT2D eigenvalue weighted by molar-refractivity contribution is -0.162. The molecule has 1 N–H and O–H groups in total. The smallest absolute Gasteiger partial charge is 0.326 e. The van der Waals surface area contributed by atoms with Crippen LogP contribution in [-0.4, -0.2) is 31.3 Å². The van der Waals surface area contributed by atoms with Gasteiger partial charge < -0.3 is 9.47 Å². The third-order valence-corrected chi connectivity index (χ3v) is 4.21. The second-order valence-corrected chi connectivity index (χ2v) is 5.53. The highest BCUT2D eigenvalue weighted by Crippen LogP contribution is 2.36. The normalized spacial score (nSPS) is 26.7. The van der Waals surface area contributed by atoms with E-state index in [2.05, 4.69) is 11.4 Å². The fourth-order valence-electron chi connectivity index (χ4n) is 2.21. The molecule has 0 aromatic carbocycles. The van der Waals surface area contributed by atoms with Crippen molar-refractivity contribution in [3.8, 4) is 0 Å². The number of carbonyl (C=O) groups is 1. The van der Waals surface area contributed by atoms with Gasteiger partial charge in [-0.15, -0.1) is 11.3 Å². The summed E-state index contributed by atoms with van der Waals surface area (Å²) in [5.41, 5.74) is -0.555. The molecule has 18 heavy (non-hydrogen) atoms. The van der Waals surface area contributed by atoms with Gasteiger partial charge in [0.25, 0.3) is 0 Å².